The minimum Gasteiger partial charge on any atom is -0.457 e. The first-order valence-electron chi connectivity index (χ1n) is 7.28. The summed E-state index contributed by atoms with van der Waals surface area (Å²) in [6.45, 7) is 1.88. The first kappa shape index (κ1) is 14.8. The smallest absolute Gasteiger partial charge is 0.257 e. The van der Waals surface area contributed by atoms with Crippen molar-refractivity contribution < 1.29 is 9.53 Å². The Labute approximate surface area is 134 Å². The van der Waals surface area contributed by atoms with Crippen molar-refractivity contribution in [3.63, 3.8) is 0 Å². The van der Waals surface area contributed by atoms with E-state index in [1.165, 1.54) is 0 Å². The molecule has 4 nitrogen and oxygen atoms in total. The molecule has 1 amide bonds. The molecule has 3 rings (SSSR count). The Kier molecular flexibility index (Phi) is 4.34. The predicted molar refractivity (Wildman–Crippen MR) is 89.9 cm³/mol. The Bertz CT molecular complexity index is 782. The molecule has 0 aliphatic heterocycles. The van der Waals surface area contributed by atoms with Crippen LogP contribution in [-0.4, -0.2) is 10.9 Å². The summed E-state index contributed by atoms with van der Waals surface area (Å²) in [6.07, 6.45) is 1.57. The summed E-state index contributed by atoms with van der Waals surface area (Å²) < 4.78 is 5.71. The molecule has 0 unspecified atom stereocenters. The Balaban J connectivity index is 1.65. The molecule has 1 aromatic heterocycles. The van der Waals surface area contributed by atoms with E-state index < -0.39 is 0 Å². The highest BCUT2D eigenvalue weighted by atomic mass is 16.5. The van der Waals surface area contributed by atoms with Crippen LogP contribution < -0.4 is 10.1 Å². The molecule has 4 heteroatoms. The van der Waals surface area contributed by atoms with Crippen molar-refractivity contribution in [3.8, 4) is 11.5 Å². The number of nitrogens with zero attached hydrogens (tertiary/aromatic N) is 1. The summed E-state index contributed by atoms with van der Waals surface area (Å²) in [7, 11) is 0. The molecule has 2 aromatic carbocycles. The first-order valence-corrected chi connectivity index (χ1v) is 7.28. The molecule has 1 heterocycles. The van der Waals surface area contributed by atoms with Crippen molar-refractivity contribution in [2.45, 2.75) is 6.92 Å². The van der Waals surface area contributed by atoms with Gasteiger partial charge in [0.2, 0.25) is 0 Å². The third-order valence-electron chi connectivity index (χ3n) is 3.26. The largest absolute Gasteiger partial charge is 0.457 e. The topological polar surface area (TPSA) is 51.2 Å². The van der Waals surface area contributed by atoms with Crippen molar-refractivity contribution >= 4 is 11.6 Å². The van der Waals surface area contributed by atoms with E-state index in [2.05, 4.69) is 10.3 Å². The summed E-state index contributed by atoms with van der Waals surface area (Å²) in [5.74, 6) is 1.30. The Morgan fingerprint density at radius 3 is 2.26 bits per heavy atom. The zero-order chi connectivity index (χ0) is 16.1. The van der Waals surface area contributed by atoms with Gasteiger partial charge in [-0.3, -0.25) is 9.78 Å². The Hall–Kier alpha value is -3.14. The van der Waals surface area contributed by atoms with Gasteiger partial charge in [0.25, 0.3) is 5.91 Å². The fraction of sp³-hybridized carbons (Fsp3) is 0.0526. The number of nitrogens with one attached hydrogen (secondary N) is 1. The summed E-state index contributed by atoms with van der Waals surface area (Å²) in [5.41, 5.74) is 2.11. The molecule has 3 aromatic rings. The maximum Gasteiger partial charge on any atom is 0.257 e. The van der Waals surface area contributed by atoms with Gasteiger partial charge in [-0.05, 0) is 55.5 Å². The summed E-state index contributed by atoms with van der Waals surface area (Å²) in [5, 5.41) is 2.83. The van der Waals surface area contributed by atoms with E-state index in [1.54, 1.807) is 24.4 Å². The van der Waals surface area contributed by atoms with Crippen LogP contribution >= 0.6 is 0 Å². The molecule has 0 spiro atoms. The van der Waals surface area contributed by atoms with Crippen LogP contribution in [-0.2, 0) is 0 Å². The van der Waals surface area contributed by atoms with Crippen molar-refractivity contribution in [1.29, 1.82) is 0 Å². The van der Waals surface area contributed by atoms with Crippen LogP contribution in [0.1, 0.15) is 16.1 Å². The van der Waals surface area contributed by atoms with Gasteiger partial charge in [-0.25, -0.2) is 0 Å². The van der Waals surface area contributed by atoms with Gasteiger partial charge in [-0.1, -0.05) is 18.2 Å². The average Bonchev–Trinajstić information content (AvgIpc) is 2.58. The number of para-hydroxylation sites is 1. The lowest BCUT2D eigenvalue weighted by Crippen LogP contribution is -2.12. The summed E-state index contributed by atoms with van der Waals surface area (Å²) in [6, 6.07) is 20.3. The number of hydrogen-bond donors (Lipinski definition) is 1. The zero-order valence-electron chi connectivity index (χ0n) is 12.7. The highest BCUT2D eigenvalue weighted by Gasteiger charge is 2.06. The number of aryl methyl sites for hydroxylation is 1. The van der Waals surface area contributed by atoms with Gasteiger partial charge in [-0.2, -0.15) is 0 Å². The molecule has 0 radical (unpaired) electrons. The van der Waals surface area contributed by atoms with Crippen LogP contribution in [0.2, 0.25) is 0 Å². The number of ether oxygens (including phenoxy) is 1. The quantitative estimate of drug-likeness (QED) is 0.775. The van der Waals surface area contributed by atoms with Gasteiger partial charge in [0.05, 0.1) is 5.56 Å². The van der Waals surface area contributed by atoms with Gasteiger partial charge in [0, 0.05) is 17.6 Å². The molecule has 0 aliphatic rings. The highest BCUT2D eigenvalue weighted by Crippen LogP contribution is 2.22. The lowest BCUT2D eigenvalue weighted by Gasteiger charge is -2.08. The second-order valence-electron chi connectivity index (χ2n) is 5.08. The van der Waals surface area contributed by atoms with Crippen LogP contribution in [0, 0.1) is 6.92 Å². The van der Waals surface area contributed by atoms with E-state index in [0.29, 0.717) is 17.0 Å². The Morgan fingerprint density at radius 2 is 1.61 bits per heavy atom. The lowest BCUT2D eigenvalue weighted by molar-refractivity contribution is 0.102. The molecular formula is C19H16N2O2. The highest BCUT2D eigenvalue weighted by molar-refractivity contribution is 6.04. The van der Waals surface area contributed by atoms with E-state index in [-0.39, 0.29) is 5.91 Å². The third kappa shape index (κ3) is 3.95. The molecule has 0 fully saturated rings. The lowest BCUT2D eigenvalue weighted by atomic mass is 10.2. The van der Waals surface area contributed by atoms with Crippen molar-refractivity contribution in [2.24, 2.45) is 0 Å². The second-order valence-corrected chi connectivity index (χ2v) is 5.08. The van der Waals surface area contributed by atoms with Crippen LogP contribution in [0.3, 0.4) is 0 Å². The number of anilines is 1. The third-order valence-corrected chi connectivity index (χ3v) is 3.26. The number of amides is 1. The summed E-state index contributed by atoms with van der Waals surface area (Å²) >= 11 is 0. The Morgan fingerprint density at radius 1 is 0.913 bits per heavy atom. The van der Waals surface area contributed by atoms with E-state index in [4.69, 9.17) is 4.74 Å². The molecule has 0 atom stereocenters. The fourth-order valence-corrected chi connectivity index (χ4v) is 2.04. The van der Waals surface area contributed by atoms with E-state index >= 15 is 0 Å². The zero-order valence-corrected chi connectivity index (χ0v) is 12.7. The maximum absolute atomic E-state index is 12.1. The molecule has 23 heavy (non-hydrogen) atoms. The number of hydrogen-bond acceptors (Lipinski definition) is 3. The standard InChI is InChI=1S/C19H16N2O2/c1-14-7-8-15(13-20-14)19(22)21-16-9-11-18(12-10-16)23-17-5-3-2-4-6-17/h2-13H,1H3,(H,21,22). The van der Waals surface area contributed by atoms with Crippen LogP contribution in [0.4, 0.5) is 5.69 Å². The van der Waals surface area contributed by atoms with Crippen molar-refractivity contribution in [1.82, 2.24) is 4.98 Å². The number of carbonyl (C=O) groups is 1. The molecule has 0 aliphatic carbocycles. The van der Waals surface area contributed by atoms with Gasteiger partial charge in [0.1, 0.15) is 11.5 Å². The van der Waals surface area contributed by atoms with Crippen molar-refractivity contribution in [3.05, 3.63) is 84.2 Å². The second kappa shape index (κ2) is 6.75. The van der Waals surface area contributed by atoms with Gasteiger partial charge >= 0.3 is 0 Å². The molecule has 0 saturated carbocycles. The number of benzene rings is 2. The molecule has 0 bridgehead atoms. The molecule has 1 N–H and O–H groups in total. The van der Waals surface area contributed by atoms with Crippen LogP contribution in [0.15, 0.2) is 72.9 Å². The van der Waals surface area contributed by atoms with Crippen LogP contribution in [0.5, 0.6) is 11.5 Å². The van der Waals surface area contributed by atoms with E-state index in [1.807, 2.05) is 55.5 Å². The van der Waals surface area contributed by atoms with E-state index in [0.717, 1.165) is 11.4 Å². The summed E-state index contributed by atoms with van der Waals surface area (Å²) in [4.78, 5) is 16.2. The molecule has 114 valence electrons. The number of aromatic nitrogens is 1. The minimum absolute atomic E-state index is 0.186. The van der Waals surface area contributed by atoms with E-state index in [9.17, 15) is 4.79 Å². The van der Waals surface area contributed by atoms with Gasteiger partial charge < -0.3 is 10.1 Å². The van der Waals surface area contributed by atoms with Gasteiger partial charge in [-0.15, -0.1) is 0 Å². The fourth-order valence-electron chi connectivity index (χ4n) is 2.04. The van der Waals surface area contributed by atoms with Crippen molar-refractivity contribution in [2.75, 3.05) is 5.32 Å². The van der Waals surface area contributed by atoms with Gasteiger partial charge in [0.15, 0.2) is 0 Å². The number of carbonyl (C=O) groups excluding carboxylic acids is 1. The monoisotopic (exact) mass is 304 g/mol. The molecular weight excluding hydrogens is 288 g/mol. The minimum atomic E-state index is -0.186. The normalized spacial score (nSPS) is 10.1. The average molecular weight is 304 g/mol. The maximum atomic E-state index is 12.1. The molecule has 0 saturated heterocycles. The SMILES string of the molecule is Cc1ccc(C(=O)Nc2ccc(Oc3ccccc3)cc2)cn1. The number of rotatable bonds is 4. The van der Waals surface area contributed by atoms with Crippen LogP contribution in [0.25, 0.3) is 0 Å². The predicted octanol–water partition coefficient (Wildman–Crippen LogP) is 4.43. The number of pyridine rings is 1. The first-order chi connectivity index (χ1) is 11.2.